The van der Waals surface area contributed by atoms with Crippen molar-refractivity contribution in [3.05, 3.63) is 53.1 Å². The van der Waals surface area contributed by atoms with Crippen molar-refractivity contribution < 1.29 is 42.2 Å². The maximum absolute atomic E-state index is 15.8. The van der Waals surface area contributed by atoms with Crippen LogP contribution in [0.5, 0.6) is 5.75 Å². The predicted octanol–water partition coefficient (Wildman–Crippen LogP) is 1.86. The van der Waals surface area contributed by atoms with Crippen molar-refractivity contribution in [1.82, 2.24) is 19.5 Å². The van der Waals surface area contributed by atoms with Gasteiger partial charge in [-0.15, -0.1) is 0 Å². The number of likely N-dealkylation sites (N-methyl/N-ethyl adjacent to an activating group) is 1. The van der Waals surface area contributed by atoms with E-state index in [1.807, 2.05) is 0 Å². The largest absolute Gasteiger partial charge is 0.462 e. The van der Waals surface area contributed by atoms with Gasteiger partial charge in [0.25, 0.3) is 0 Å². The highest BCUT2D eigenvalue weighted by Gasteiger charge is 2.56. The Balaban J connectivity index is 1.77. The number of alkyl halides is 1. The van der Waals surface area contributed by atoms with E-state index in [4.69, 9.17) is 18.5 Å². The van der Waals surface area contributed by atoms with Crippen LogP contribution in [0.3, 0.4) is 0 Å². The minimum atomic E-state index is -4.34. The number of nitrogens with zero attached hydrogens (tertiary/aromatic N) is 3. The van der Waals surface area contributed by atoms with Crippen molar-refractivity contribution in [3.8, 4) is 5.75 Å². The molecule has 1 amide bonds. The number of aliphatic hydroxyl groups excluding tert-OH is 1. The molecule has 1 aliphatic rings. The standard InChI is InChI=1S/C26H37FN5O9P/c1-16(2)39-23(35)17(3)30-42(37,41-18-10-8-7-9-11-18)38-15-19-22(34)26(4,27)24(40-19)32-13-12-20(29-25(32)36)28-21(33)14-31(5)6/h7-13,16-17,19,22,24,34H,14-15H2,1-6H3,(H,30,37)(H,28,29,33,36). The molecule has 6 atom stereocenters. The summed E-state index contributed by atoms with van der Waals surface area (Å²) in [5, 5.41) is 15.7. The number of carbonyl (C=O) groups is 2. The van der Waals surface area contributed by atoms with E-state index in [1.165, 1.54) is 31.3 Å². The number of benzene rings is 1. The summed E-state index contributed by atoms with van der Waals surface area (Å²) in [4.78, 5) is 42.4. The highest BCUT2D eigenvalue weighted by atomic mass is 31.2. The van der Waals surface area contributed by atoms with E-state index in [2.05, 4.69) is 15.4 Å². The van der Waals surface area contributed by atoms with Crippen LogP contribution in [-0.2, 0) is 28.2 Å². The van der Waals surface area contributed by atoms with Crippen LogP contribution < -0.4 is 20.6 Å². The zero-order valence-electron chi connectivity index (χ0n) is 24.2. The zero-order valence-corrected chi connectivity index (χ0v) is 25.1. The molecule has 2 heterocycles. The SMILES string of the molecule is CC(C)OC(=O)C(C)NP(=O)(OCC1OC(n2ccc(NC(=O)CN(C)C)nc2=O)C(C)(F)C1O)Oc1ccccc1. The first kappa shape index (κ1) is 33.3. The number of halogens is 1. The lowest BCUT2D eigenvalue weighted by Crippen LogP contribution is -2.43. The number of hydrogen-bond donors (Lipinski definition) is 3. The molecule has 0 saturated carbocycles. The maximum Gasteiger partial charge on any atom is 0.459 e. The summed E-state index contributed by atoms with van der Waals surface area (Å²) < 4.78 is 52.2. The number of anilines is 1. The van der Waals surface area contributed by atoms with Crippen LogP contribution in [0.2, 0.25) is 0 Å². The lowest BCUT2D eigenvalue weighted by molar-refractivity contribution is -0.149. The molecule has 14 nitrogen and oxygen atoms in total. The fourth-order valence-electron chi connectivity index (χ4n) is 3.99. The van der Waals surface area contributed by atoms with Crippen LogP contribution in [0.1, 0.15) is 33.9 Å². The summed E-state index contributed by atoms with van der Waals surface area (Å²) in [6.45, 7) is 5.14. The number of carbonyl (C=O) groups excluding carboxylic acids is 2. The Morgan fingerprint density at radius 3 is 2.50 bits per heavy atom. The van der Waals surface area contributed by atoms with Gasteiger partial charge in [-0.1, -0.05) is 18.2 Å². The van der Waals surface area contributed by atoms with Gasteiger partial charge in [0.2, 0.25) is 5.91 Å². The van der Waals surface area contributed by atoms with Crippen molar-refractivity contribution in [3.63, 3.8) is 0 Å². The molecule has 1 aromatic carbocycles. The molecule has 0 aliphatic carbocycles. The first-order chi connectivity index (χ1) is 19.6. The number of aliphatic hydroxyl groups is 1. The van der Waals surface area contributed by atoms with Crippen LogP contribution >= 0.6 is 7.75 Å². The molecule has 2 aromatic rings. The van der Waals surface area contributed by atoms with Gasteiger partial charge >= 0.3 is 19.4 Å². The third kappa shape index (κ3) is 8.66. The van der Waals surface area contributed by atoms with Gasteiger partial charge in [0.15, 0.2) is 11.9 Å². The molecule has 3 N–H and O–H groups in total. The highest BCUT2D eigenvalue weighted by Crippen LogP contribution is 2.47. The van der Waals surface area contributed by atoms with E-state index in [0.717, 1.165) is 11.5 Å². The normalized spacial score (nSPS) is 24.3. The third-order valence-electron chi connectivity index (χ3n) is 5.96. The second-order valence-electron chi connectivity index (χ2n) is 10.4. The number of amides is 1. The molecule has 1 aromatic heterocycles. The molecule has 6 unspecified atom stereocenters. The number of esters is 1. The molecule has 0 spiro atoms. The minimum Gasteiger partial charge on any atom is -0.462 e. The molecule has 1 saturated heterocycles. The molecular formula is C26H37FN5O9P. The summed E-state index contributed by atoms with van der Waals surface area (Å²) in [6.07, 6.45) is -4.15. The van der Waals surface area contributed by atoms with Gasteiger partial charge in [-0.25, -0.2) is 13.8 Å². The summed E-state index contributed by atoms with van der Waals surface area (Å²) in [5.74, 6) is -1.02. The molecule has 0 bridgehead atoms. The first-order valence-electron chi connectivity index (χ1n) is 13.1. The Morgan fingerprint density at radius 1 is 1.24 bits per heavy atom. The number of hydrogen-bond acceptors (Lipinski definition) is 11. The molecule has 0 radical (unpaired) electrons. The number of ether oxygens (including phenoxy) is 2. The molecule has 42 heavy (non-hydrogen) atoms. The van der Waals surface area contributed by atoms with Crippen LogP contribution in [0, 0.1) is 0 Å². The first-order valence-corrected chi connectivity index (χ1v) is 14.7. The molecular weight excluding hydrogens is 576 g/mol. The van der Waals surface area contributed by atoms with Crippen LogP contribution in [0.25, 0.3) is 0 Å². The predicted molar refractivity (Wildman–Crippen MR) is 150 cm³/mol. The Bertz CT molecular complexity index is 1340. The smallest absolute Gasteiger partial charge is 0.459 e. The van der Waals surface area contributed by atoms with E-state index in [1.54, 1.807) is 51.0 Å². The summed E-state index contributed by atoms with van der Waals surface area (Å²) in [7, 11) is -0.947. The Kier molecular flexibility index (Phi) is 11.0. The molecule has 3 rings (SSSR count). The van der Waals surface area contributed by atoms with Crippen molar-refractivity contribution >= 4 is 25.4 Å². The fraction of sp³-hybridized carbons (Fsp3) is 0.538. The van der Waals surface area contributed by atoms with Crippen LogP contribution in [0.15, 0.2) is 47.4 Å². The van der Waals surface area contributed by atoms with Gasteiger partial charge in [0.05, 0.1) is 19.3 Å². The van der Waals surface area contributed by atoms with Gasteiger partial charge in [-0.3, -0.25) is 18.7 Å². The van der Waals surface area contributed by atoms with Crippen molar-refractivity contribution in [2.75, 3.05) is 32.6 Å². The van der Waals surface area contributed by atoms with E-state index in [0.29, 0.717) is 0 Å². The van der Waals surface area contributed by atoms with Gasteiger partial charge in [-0.2, -0.15) is 10.1 Å². The number of nitrogens with one attached hydrogen (secondary N) is 2. The minimum absolute atomic E-state index is 0.0442. The van der Waals surface area contributed by atoms with Crippen LogP contribution in [0.4, 0.5) is 10.2 Å². The topological polar surface area (TPSA) is 171 Å². The van der Waals surface area contributed by atoms with Crippen molar-refractivity contribution in [2.24, 2.45) is 0 Å². The Labute approximate surface area is 242 Å². The quantitative estimate of drug-likeness (QED) is 0.222. The van der Waals surface area contributed by atoms with Gasteiger partial charge in [0, 0.05) is 6.20 Å². The zero-order chi connectivity index (χ0) is 31.2. The van der Waals surface area contributed by atoms with Crippen LogP contribution in [-0.4, -0.2) is 88.7 Å². The lowest BCUT2D eigenvalue weighted by atomic mass is 9.98. The van der Waals surface area contributed by atoms with E-state index >= 15 is 4.39 Å². The average Bonchev–Trinajstić information content (AvgIpc) is 3.10. The number of para-hydroxylation sites is 1. The molecule has 1 fully saturated rings. The van der Waals surface area contributed by atoms with Gasteiger partial charge in [-0.05, 0) is 60.0 Å². The summed E-state index contributed by atoms with van der Waals surface area (Å²) in [5.41, 5.74) is -3.46. The molecule has 1 aliphatic heterocycles. The van der Waals surface area contributed by atoms with E-state index in [9.17, 15) is 24.1 Å². The Hall–Kier alpha value is -3.20. The summed E-state index contributed by atoms with van der Waals surface area (Å²) >= 11 is 0. The van der Waals surface area contributed by atoms with Crippen molar-refractivity contribution in [1.29, 1.82) is 0 Å². The van der Waals surface area contributed by atoms with Crippen molar-refractivity contribution in [2.45, 2.75) is 63.9 Å². The highest BCUT2D eigenvalue weighted by molar-refractivity contribution is 7.52. The van der Waals surface area contributed by atoms with Gasteiger partial charge < -0.3 is 29.3 Å². The molecule has 232 valence electrons. The third-order valence-corrected chi connectivity index (χ3v) is 7.61. The average molecular weight is 614 g/mol. The second-order valence-corrected chi connectivity index (χ2v) is 12.1. The number of aromatic nitrogens is 2. The number of rotatable bonds is 13. The fourth-order valence-corrected chi connectivity index (χ4v) is 5.49. The van der Waals surface area contributed by atoms with E-state index < -0.39 is 68.2 Å². The van der Waals surface area contributed by atoms with Gasteiger partial charge in [0.1, 0.15) is 29.8 Å². The Morgan fingerprint density at radius 2 is 1.90 bits per heavy atom. The molecule has 16 heteroatoms. The summed E-state index contributed by atoms with van der Waals surface area (Å²) in [6, 6.07) is 8.15. The maximum atomic E-state index is 15.8. The monoisotopic (exact) mass is 613 g/mol. The van der Waals surface area contributed by atoms with E-state index in [-0.39, 0.29) is 18.1 Å². The lowest BCUT2D eigenvalue weighted by Gasteiger charge is -2.25. The second kappa shape index (κ2) is 13.8.